The topological polar surface area (TPSA) is 48.8 Å². The lowest BCUT2D eigenvalue weighted by Crippen LogP contribution is -2.44. The highest BCUT2D eigenvalue weighted by atomic mass is 16.2. The highest BCUT2D eigenvalue weighted by Gasteiger charge is 2.34. The Labute approximate surface area is 172 Å². The van der Waals surface area contributed by atoms with Crippen LogP contribution in [0.5, 0.6) is 0 Å². The number of carbonyl (C=O) groups excluding carboxylic acids is 1. The van der Waals surface area contributed by atoms with Gasteiger partial charge in [0.15, 0.2) is 0 Å². The second-order valence-corrected chi connectivity index (χ2v) is 8.62. The van der Waals surface area contributed by atoms with Crippen molar-refractivity contribution in [2.24, 2.45) is 4.99 Å². The van der Waals surface area contributed by atoms with Gasteiger partial charge in [-0.15, -0.1) is 0 Å². The second kappa shape index (κ2) is 7.06. The van der Waals surface area contributed by atoms with Crippen molar-refractivity contribution in [3.63, 3.8) is 0 Å². The molecule has 1 saturated heterocycles. The Kier molecular flexibility index (Phi) is 4.50. The number of pyridine rings is 1. The third-order valence-electron chi connectivity index (χ3n) is 6.58. The van der Waals surface area contributed by atoms with Crippen molar-refractivity contribution >= 4 is 11.6 Å². The number of aryl methyl sites for hydroxylation is 2. The predicted octanol–water partition coefficient (Wildman–Crippen LogP) is 3.03. The van der Waals surface area contributed by atoms with Gasteiger partial charge >= 0.3 is 0 Å². The lowest BCUT2D eigenvalue weighted by Gasteiger charge is -2.34. The number of benzene rings is 1. The van der Waals surface area contributed by atoms with E-state index in [1.807, 2.05) is 13.8 Å². The van der Waals surface area contributed by atoms with Gasteiger partial charge in [0.2, 0.25) is 5.91 Å². The van der Waals surface area contributed by atoms with Gasteiger partial charge in [-0.05, 0) is 61.7 Å². The maximum Gasteiger partial charge on any atom is 0.227 e. The minimum absolute atomic E-state index is 0.278. The molecular formula is C24H28N4O. The maximum atomic E-state index is 12.9. The highest BCUT2D eigenvalue weighted by Crippen LogP contribution is 2.32. The van der Waals surface area contributed by atoms with Crippen LogP contribution in [-0.2, 0) is 24.3 Å². The molecule has 3 aliphatic heterocycles. The maximum absolute atomic E-state index is 12.9. The van der Waals surface area contributed by atoms with Crippen molar-refractivity contribution in [3.8, 4) is 0 Å². The molecule has 3 aliphatic rings. The summed E-state index contributed by atoms with van der Waals surface area (Å²) in [6.45, 7) is 10.9. The van der Waals surface area contributed by atoms with E-state index < -0.39 is 0 Å². The zero-order chi connectivity index (χ0) is 20.1. The van der Waals surface area contributed by atoms with E-state index in [1.54, 1.807) is 0 Å². The molecule has 0 saturated carbocycles. The molecule has 5 nitrogen and oxygen atoms in total. The summed E-state index contributed by atoms with van der Waals surface area (Å²) in [5.41, 5.74) is 9.20. The third kappa shape index (κ3) is 3.27. The summed E-state index contributed by atoms with van der Waals surface area (Å²) in [6, 6.07) is 9.11. The largest absolute Gasteiger partial charge is 0.334 e. The Balaban J connectivity index is 1.46. The van der Waals surface area contributed by atoms with E-state index in [0.29, 0.717) is 19.0 Å². The zero-order valence-electron chi connectivity index (χ0n) is 17.5. The monoisotopic (exact) mass is 388 g/mol. The standard InChI is InChI=1S/C24H28N4O/c1-4-27-6-5-21(14-27)28-13-20-10-22-19(9-17(20)11-23(28)29)12-25-24(22)18-7-15(2)26-16(3)8-18/h7-10,21H,4-6,11-14H2,1-3H3/t21-/m1/s1. The molecule has 0 aliphatic carbocycles. The second-order valence-electron chi connectivity index (χ2n) is 8.62. The molecule has 2 aromatic rings. The molecular weight excluding hydrogens is 360 g/mol. The van der Waals surface area contributed by atoms with Crippen molar-refractivity contribution in [2.45, 2.75) is 52.7 Å². The van der Waals surface area contributed by atoms with Crippen LogP contribution in [0, 0.1) is 13.8 Å². The third-order valence-corrected chi connectivity index (χ3v) is 6.58. The van der Waals surface area contributed by atoms with Gasteiger partial charge in [0.25, 0.3) is 0 Å². The summed E-state index contributed by atoms with van der Waals surface area (Å²) in [5.74, 6) is 0.278. The molecule has 5 rings (SSSR count). The normalized spacial score (nSPS) is 21.3. The SMILES string of the molecule is CCN1CC[C@@H](N2Cc3cc4c(cc3CC2=O)CN=C4c2cc(C)nc(C)c2)C1. The number of hydrogen-bond acceptors (Lipinski definition) is 4. The molecule has 1 aromatic heterocycles. The minimum atomic E-state index is 0.278. The lowest BCUT2D eigenvalue weighted by atomic mass is 9.90. The van der Waals surface area contributed by atoms with E-state index in [4.69, 9.17) is 4.99 Å². The first kappa shape index (κ1) is 18.5. The van der Waals surface area contributed by atoms with Crippen LogP contribution in [0.15, 0.2) is 29.3 Å². The molecule has 29 heavy (non-hydrogen) atoms. The van der Waals surface area contributed by atoms with E-state index in [-0.39, 0.29) is 5.91 Å². The minimum Gasteiger partial charge on any atom is -0.334 e. The van der Waals surface area contributed by atoms with Gasteiger partial charge in [0.1, 0.15) is 0 Å². The Morgan fingerprint density at radius 3 is 2.59 bits per heavy atom. The van der Waals surface area contributed by atoms with Crippen molar-refractivity contribution in [2.75, 3.05) is 19.6 Å². The van der Waals surface area contributed by atoms with Gasteiger partial charge in [-0.25, -0.2) is 0 Å². The average Bonchev–Trinajstić information content (AvgIpc) is 3.31. The van der Waals surface area contributed by atoms with Gasteiger partial charge in [0.05, 0.1) is 18.7 Å². The number of likely N-dealkylation sites (N-methyl/N-ethyl adjacent to an activating group) is 1. The Morgan fingerprint density at radius 2 is 1.86 bits per heavy atom. The highest BCUT2D eigenvalue weighted by molar-refractivity contribution is 6.15. The van der Waals surface area contributed by atoms with E-state index in [9.17, 15) is 4.79 Å². The first-order valence-electron chi connectivity index (χ1n) is 10.7. The average molecular weight is 389 g/mol. The molecule has 0 bridgehead atoms. The first-order chi connectivity index (χ1) is 14.0. The Bertz CT molecular complexity index is 1010. The summed E-state index contributed by atoms with van der Waals surface area (Å²) in [7, 11) is 0. The van der Waals surface area contributed by atoms with E-state index in [2.05, 4.69) is 46.0 Å². The summed E-state index contributed by atoms with van der Waals surface area (Å²) in [6.07, 6.45) is 1.61. The molecule has 5 heteroatoms. The summed E-state index contributed by atoms with van der Waals surface area (Å²) in [5, 5.41) is 0. The van der Waals surface area contributed by atoms with Gasteiger partial charge in [-0.2, -0.15) is 0 Å². The Morgan fingerprint density at radius 1 is 1.07 bits per heavy atom. The van der Waals surface area contributed by atoms with Gasteiger partial charge < -0.3 is 9.80 Å². The van der Waals surface area contributed by atoms with Crippen LogP contribution in [0.3, 0.4) is 0 Å². The predicted molar refractivity (Wildman–Crippen MR) is 114 cm³/mol. The number of nitrogens with zero attached hydrogens (tertiary/aromatic N) is 4. The lowest BCUT2D eigenvalue weighted by molar-refractivity contribution is -0.134. The molecule has 0 unspecified atom stereocenters. The molecule has 0 spiro atoms. The number of fused-ring (bicyclic) bond motifs is 2. The molecule has 1 aromatic carbocycles. The molecule has 4 heterocycles. The first-order valence-corrected chi connectivity index (χ1v) is 10.7. The van der Waals surface area contributed by atoms with Crippen LogP contribution in [0.2, 0.25) is 0 Å². The van der Waals surface area contributed by atoms with Gasteiger partial charge in [-0.3, -0.25) is 14.8 Å². The van der Waals surface area contributed by atoms with E-state index in [0.717, 1.165) is 55.3 Å². The van der Waals surface area contributed by atoms with Gasteiger partial charge in [-0.1, -0.05) is 13.0 Å². The smallest absolute Gasteiger partial charge is 0.227 e. The number of carbonyl (C=O) groups is 1. The molecule has 150 valence electrons. The van der Waals surface area contributed by atoms with Crippen molar-refractivity contribution in [1.29, 1.82) is 0 Å². The number of rotatable bonds is 3. The number of aromatic nitrogens is 1. The van der Waals surface area contributed by atoms with Crippen LogP contribution in [0.25, 0.3) is 0 Å². The molecule has 1 amide bonds. The van der Waals surface area contributed by atoms with Crippen molar-refractivity contribution < 1.29 is 4.79 Å². The van der Waals surface area contributed by atoms with Crippen molar-refractivity contribution in [3.05, 3.63) is 63.5 Å². The van der Waals surface area contributed by atoms with Crippen LogP contribution >= 0.6 is 0 Å². The van der Waals surface area contributed by atoms with Gasteiger partial charge in [0, 0.05) is 48.2 Å². The molecule has 1 fully saturated rings. The van der Waals surface area contributed by atoms with Crippen LogP contribution in [0.1, 0.15) is 52.5 Å². The fourth-order valence-corrected chi connectivity index (χ4v) is 5.09. The summed E-state index contributed by atoms with van der Waals surface area (Å²) in [4.78, 5) is 26.8. The number of amides is 1. The van der Waals surface area contributed by atoms with Crippen LogP contribution in [-0.4, -0.2) is 52.1 Å². The van der Waals surface area contributed by atoms with Crippen LogP contribution in [0.4, 0.5) is 0 Å². The van der Waals surface area contributed by atoms with E-state index in [1.165, 1.54) is 22.3 Å². The zero-order valence-corrected chi connectivity index (χ0v) is 17.5. The summed E-state index contributed by atoms with van der Waals surface area (Å²) < 4.78 is 0. The molecule has 0 radical (unpaired) electrons. The van der Waals surface area contributed by atoms with Crippen LogP contribution < -0.4 is 0 Å². The number of hydrogen-bond donors (Lipinski definition) is 0. The Hall–Kier alpha value is -2.53. The number of aliphatic imine (C=N–C) groups is 1. The fourth-order valence-electron chi connectivity index (χ4n) is 5.09. The number of likely N-dealkylation sites (tertiary alicyclic amines) is 1. The van der Waals surface area contributed by atoms with E-state index >= 15 is 0 Å². The molecule has 0 N–H and O–H groups in total. The molecule has 1 atom stereocenters. The quantitative estimate of drug-likeness (QED) is 0.812. The summed E-state index contributed by atoms with van der Waals surface area (Å²) >= 11 is 0. The van der Waals surface area contributed by atoms with Crippen molar-refractivity contribution in [1.82, 2.24) is 14.8 Å². The fraction of sp³-hybridized carbons (Fsp3) is 0.458.